The minimum atomic E-state index is -4.76. The number of carbonyl (C=O) groups is 1. The van der Waals surface area contributed by atoms with E-state index >= 15 is 0 Å². The molecule has 4 rings (SSSR count). The van der Waals surface area contributed by atoms with Crippen LogP contribution in [-0.4, -0.2) is 27.2 Å². The van der Waals surface area contributed by atoms with Crippen molar-refractivity contribution >= 4 is 60.4 Å². The smallest absolute Gasteiger partial charge is 0.406 e. The fraction of sp³-hybridized carbons (Fsp3) is 0.105. The van der Waals surface area contributed by atoms with Crippen LogP contribution in [0.5, 0.6) is 5.75 Å². The van der Waals surface area contributed by atoms with E-state index in [0.717, 1.165) is 11.3 Å². The molecule has 0 aliphatic carbocycles. The van der Waals surface area contributed by atoms with Gasteiger partial charge >= 0.3 is 6.36 Å². The van der Waals surface area contributed by atoms with E-state index in [4.69, 9.17) is 0 Å². The zero-order valence-electron chi connectivity index (χ0n) is 16.3. The molecule has 0 bridgehead atoms. The van der Waals surface area contributed by atoms with E-state index in [-0.39, 0.29) is 23.8 Å². The maximum atomic E-state index is 12.3. The third kappa shape index (κ3) is 5.93. The van der Waals surface area contributed by atoms with Gasteiger partial charge in [0, 0.05) is 23.2 Å². The van der Waals surface area contributed by atoms with Crippen LogP contribution < -0.4 is 15.4 Å². The quantitative estimate of drug-likeness (QED) is 0.257. The summed E-state index contributed by atoms with van der Waals surface area (Å²) in [5.41, 5.74) is 1.45. The molecule has 14 heteroatoms. The number of nitrogens with one attached hydrogen (secondary N) is 2. The normalized spacial score (nSPS) is 11.4. The number of alkyl halides is 3. The Morgan fingerprint density at radius 2 is 1.88 bits per heavy atom. The number of hydrogen-bond acceptors (Lipinski definition) is 9. The predicted octanol–water partition coefficient (Wildman–Crippen LogP) is 5.48. The molecule has 0 radical (unpaired) electrons. The van der Waals surface area contributed by atoms with Crippen LogP contribution in [0.25, 0.3) is 10.2 Å². The molecule has 2 aromatic carbocycles. The van der Waals surface area contributed by atoms with Crippen LogP contribution in [0, 0.1) is 10.1 Å². The zero-order valence-corrected chi connectivity index (χ0v) is 17.9. The summed E-state index contributed by atoms with van der Waals surface area (Å²) in [6.07, 6.45) is -4.80. The second-order valence-corrected chi connectivity index (χ2v) is 8.38. The third-order valence-electron chi connectivity index (χ3n) is 4.06. The van der Waals surface area contributed by atoms with Crippen LogP contribution in [0.15, 0.2) is 47.8 Å². The lowest BCUT2D eigenvalue weighted by Crippen LogP contribution is -2.16. The Labute approximate surface area is 191 Å². The van der Waals surface area contributed by atoms with E-state index in [2.05, 4.69) is 25.3 Å². The van der Waals surface area contributed by atoms with Crippen LogP contribution in [-0.2, 0) is 11.2 Å². The molecule has 170 valence electrons. The highest BCUT2D eigenvalue weighted by Gasteiger charge is 2.30. The molecule has 0 atom stereocenters. The summed E-state index contributed by atoms with van der Waals surface area (Å²) >= 11 is 2.35. The molecular formula is C19H12F3N5O4S2. The van der Waals surface area contributed by atoms with Gasteiger partial charge in [-0.05, 0) is 30.3 Å². The van der Waals surface area contributed by atoms with Gasteiger partial charge in [-0.25, -0.2) is 9.97 Å². The fourth-order valence-electron chi connectivity index (χ4n) is 2.72. The van der Waals surface area contributed by atoms with Gasteiger partial charge in [-0.2, -0.15) is 0 Å². The van der Waals surface area contributed by atoms with E-state index in [1.54, 1.807) is 5.38 Å². The van der Waals surface area contributed by atoms with E-state index in [1.807, 2.05) is 0 Å². The van der Waals surface area contributed by atoms with Crippen molar-refractivity contribution in [3.8, 4) is 5.75 Å². The van der Waals surface area contributed by atoms with E-state index in [0.29, 0.717) is 31.9 Å². The summed E-state index contributed by atoms with van der Waals surface area (Å²) in [4.78, 5) is 31.2. The number of halogens is 3. The lowest BCUT2D eigenvalue weighted by molar-refractivity contribution is -0.384. The number of nitrogens with zero attached hydrogens (tertiary/aromatic N) is 3. The fourth-order valence-corrected chi connectivity index (χ4v) is 4.36. The highest BCUT2D eigenvalue weighted by Crippen LogP contribution is 2.30. The Bertz CT molecular complexity index is 1320. The summed E-state index contributed by atoms with van der Waals surface area (Å²) in [6.45, 7) is 0. The molecule has 0 spiro atoms. The van der Waals surface area contributed by atoms with Gasteiger partial charge in [0.25, 0.3) is 5.69 Å². The minimum absolute atomic E-state index is 0.0351. The van der Waals surface area contributed by atoms with Gasteiger partial charge < -0.3 is 15.4 Å². The van der Waals surface area contributed by atoms with Gasteiger partial charge in [0.1, 0.15) is 5.75 Å². The van der Waals surface area contributed by atoms with Crippen LogP contribution >= 0.6 is 22.7 Å². The number of ether oxygens (including phenoxy) is 1. The number of fused-ring (bicyclic) bond motifs is 1. The molecule has 0 aliphatic heterocycles. The van der Waals surface area contributed by atoms with E-state index in [1.165, 1.54) is 53.8 Å². The first-order valence-corrected chi connectivity index (χ1v) is 10.8. The highest BCUT2D eigenvalue weighted by atomic mass is 32.1. The number of anilines is 3. The average Bonchev–Trinajstić information content (AvgIpc) is 3.33. The first-order valence-electron chi connectivity index (χ1n) is 9.07. The van der Waals surface area contributed by atoms with Crippen molar-refractivity contribution in [2.45, 2.75) is 12.8 Å². The second kappa shape index (κ2) is 8.99. The zero-order chi connectivity index (χ0) is 23.6. The van der Waals surface area contributed by atoms with Gasteiger partial charge in [0.15, 0.2) is 10.3 Å². The number of rotatable bonds is 7. The van der Waals surface area contributed by atoms with Crippen LogP contribution in [0.4, 0.5) is 34.8 Å². The van der Waals surface area contributed by atoms with Gasteiger partial charge in [0.05, 0.1) is 27.3 Å². The molecule has 2 N–H and O–H groups in total. The summed E-state index contributed by atoms with van der Waals surface area (Å²) in [6, 6.07) is 9.41. The predicted molar refractivity (Wildman–Crippen MR) is 117 cm³/mol. The number of nitro benzene ring substituents is 1. The van der Waals surface area contributed by atoms with Crippen LogP contribution in [0.1, 0.15) is 5.69 Å². The summed E-state index contributed by atoms with van der Waals surface area (Å²) in [7, 11) is 0. The van der Waals surface area contributed by atoms with Crippen molar-refractivity contribution < 1.29 is 27.6 Å². The molecule has 33 heavy (non-hydrogen) atoms. The maximum absolute atomic E-state index is 12.3. The topological polar surface area (TPSA) is 119 Å². The van der Waals surface area contributed by atoms with Crippen molar-refractivity contribution in [2.24, 2.45) is 0 Å². The van der Waals surface area contributed by atoms with Crippen molar-refractivity contribution in [2.75, 3.05) is 10.6 Å². The molecule has 4 aromatic rings. The number of amides is 1. The van der Waals surface area contributed by atoms with Crippen molar-refractivity contribution in [1.82, 2.24) is 9.97 Å². The number of thiazole rings is 2. The number of benzene rings is 2. The molecule has 2 heterocycles. The van der Waals surface area contributed by atoms with Gasteiger partial charge in [-0.3, -0.25) is 14.9 Å². The molecule has 2 aromatic heterocycles. The minimum Gasteiger partial charge on any atom is -0.406 e. The lowest BCUT2D eigenvalue weighted by Gasteiger charge is -2.09. The number of aromatic nitrogens is 2. The Morgan fingerprint density at radius 1 is 1.12 bits per heavy atom. The number of hydrogen-bond donors (Lipinski definition) is 2. The Hall–Kier alpha value is -3.78. The highest BCUT2D eigenvalue weighted by molar-refractivity contribution is 7.22. The van der Waals surface area contributed by atoms with E-state index in [9.17, 15) is 28.1 Å². The molecule has 0 fully saturated rings. The van der Waals surface area contributed by atoms with Gasteiger partial charge in [-0.1, -0.05) is 11.3 Å². The Balaban J connectivity index is 1.35. The van der Waals surface area contributed by atoms with Gasteiger partial charge in [0.2, 0.25) is 5.91 Å². The van der Waals surface area contributed by atoms with E-state index < -0.39 is 11.3 Å². The van der Waals surface area contributed by atoms with Crippen LogP contribution in [0.2, 0.25) is 0 Å². The first kappa shape index (κ1) is 22.4. The third-order valence-corrected chi connectivity index (χ3v) is 5.80. The largest absolute Gasteiger partial charge is 0.573 e. The Kier molecular flexibility index (Phi) is 6.11. The summed E-state index contributed by atoms with van der Waals surface area (Å²) in [5.74, 6) is -0.706. The molecular weight excluding hydrogens is 483 g/mol. The molecule has 0 unspecified atom stereocenters. The molecule has 0 saturated heterocycles. The SMILES string of the molecule is O=C(Cc1csc(Nc2ccc(OC(F)(F)F)cc2)n1)Nc1nc2ccc([N+](=O)[O-])cc2s1. The molecule has 1 amide bonds. The second-order valence-electron chi connectivity index (χ2n) is 6.49. The maximum Gasteiger partial charge on any atom is 0.573 e. The number of nitro groups is 1. The van der Waals surface area contributed by atoms with Crippen LogP contribution in [0.3, 0.4) is 0 Å². The van der Waals surface area contributed by atoms with Crippen molar-refractivity contribution in [1.29, 1.82) is 0 Å². The molecule has 0 aliphatic rings. The monoisotopic (exact) mass is 495 g/mol. The van der Waals surface area contributed by atoms with Gasteiger partial charge in [-0.15, -0.1) is 24.5 Å². The first-order chi connectivity index (χ1) is 15.6. The Morgan fingerprint density at radius 3 is 2.58 bits per heavy atom. The molecule has 0 saturated carbocycles. The van der Waals surface area contributed by atoms with Crippen molar-refractivity contribution in [3.05, 3.63) is 63.7 Å². The standard InChI is InChI=1S/C19H12F3N5O4S2/c20-19(21,22)31-13-4-1-10(2-5-13)23-17-24-11(9-32-17)7-16(28)26-18-25-14-6-3-12(27(29)30)8-15(14)33-18/h1-6,8-9H,7H2,(H,23,24)(H,25,26,28). The van der Waals surface area contributed by atoms with Crippen molar-refractivity contribution in [3.63, 3.8) is 0 Å². The number of non-ortho nitro benzene ring substituents is 1. The summed E-state index contributed by atoms with van der Waals surface area (Å²) < 4.78 is 41.1. The average molecular weight is 495 g/mol. The lowest BCUT2D eigenvalue weighted by atomic mass is 10.3. The number of carbonyl (C=O) groups excluding carboxylic acids is 1. The summed E-state index contributed by atoms with van der Waals surface area (Å²) in [5, 5.41) is 18.9. The molecule has 9 nitrogen and oxygen atoms in total.